The molecule has 0 fully saturated rings. The number of hydrogen-bond donors (Lipinski definition) is 0. The third-order valence-electron chi connectivity index (χ3n) is 3.24. The van der Waals surface area contributed by atoms with E-state index in [-0.39, 0.29) is 18.5 Å². The van der Waals surface area contributed by atoms with Crippen LogP contribution in [0.1, 0.15) is 30.6 Å². The predicted octanol–water partition coefficient (Wildman–Crippen LogP) is 1.80. The van der Waals surface area contributed by atoms with E-state index >= 15 is 0 Å². The summed E-state index contributed by atoms with van der Waals surface area (Å²) in [5, 5.41) is 0. The van der Waals surface area contributed by atoms with E-state index in [1.54, 1.807) is 6.92 Å². The quantitative estimate of drug-likeness (QED) is 0.786. The molecule has 1 heterocycles. The molecule has 20 heavy (non-hydrogen) atoms. The molecule has 0 spiro atoms. The molecule has 0 radical (unpaired) electrons. The molecule has 0 N–H and O–H groups in total. The van der Waals surface area contributed by atoms with Crippen molar-refractivity contribution in [1.82, 2.24) is 0 Å². The summed E-state index contributed by atoms with van der Waals surface area (Å²) in [4.78, 5) is 23.4. The number of ether oxygens (including phenoxy) is 3. The van der Waals surface area contributed by atoms with Gasteiger partial charge in [0, 0.05) is 0 Å². The second-order valence-corrected chi connectivity index (χ2v) is 4.57. The van der Waals surface area contributed by atoms with Crippen LogP contribution in [0.5, 0.6) is 0 Å². The van der Waals surface area contributed by atoms with Crippen LogP contribution in [-0.4, -0.2) is 31.8 Å². The first-order valence-corrected chi connectivity index (χ1v) is 6.62. The fourth-order valence-corrected chi connectivity index (χ4v) is 2.32. The Hall–Kier alpha value is -1.88. The first kappa shape index (κ1) is 14.5. The Morgan fingerprint density at radius 3 is 2.80 bits per heavy atom. The van der Waals surface area contributed by atoms with E-state index in [1.807, 2.05) is 24.3 Å². The monoisotopic (exact) mass is 278 g/mol. The van der Waals surface area contributed by atoms with Crippen molar-refractivity contribution in [3.8, 4) is 0 Å². The number of fused-ring (bicyclic) bond motifs is 1. The number of carbonyl (C=O) groups is 2. The maximum absolute atomic E-state index is 12.0. The van der Waals surface area contributed by atoms with Crippen molar-refractivity contribution in [2.45, 2.75) is 32.0 Å². The smallest absolute Gasteiger partial charge is 0.339 e. The van der Waals surface area contributed by atoms with Crippen LogP contribution in [0.25, 0.3) is 0 Å². The normalized spacial score (nSPS) is 20.9. The zero-order valence-electron chi connectivity index (χ0n) is 11.6. The summed E-state index contributed by atoms with van der Waals surface area (Å²) < 4.78 is 15.4. The maximum atomic E-state index is 12.0. The largest absolute Gasteiger partial charge is 0.469 e. The average Bonchev–Trinajstić information content (AvgIpc) is 2.46. The summed E-state index contributed by atoms with van der Waals surface area (Å²) in [6.07, 6.45) is -0.427. The van der Waals surface area contributed by atoms with Crippen molar-refractivity contribution in [2.24, 2.45) is 0 Å². The Bertz CT molecular complexity index is 497. The van der Waals surface area contributed by atoms with Gasteiger partial charge in [0.15, 0.2) is 6.10 Å². The molecular formula is C15H18O5. The van der Waals surface area contributed by atoms with Crippen molar-refractivity contribution >= 4 is 11.9 Å². The van der Waals surface area contributed by atoms with Gasteiger partial charge in [-0.1, -0.05) is 24.3 Å². The lowest BCUT2D eigenvalue weighted by atomic mass is 9.93. The van der Waals surface area contributed by atoms with Crippen molar-refractivity contribution in [1.29, 1.82) is 0 Å². The Kier molecular flexibility index (Phi) is 4.74. The third-order valence-corrected chi connectivity index (χ3v) is 3.24. The summed E-state index contributed by atoms with van der Waals surface area (Å²) in [5.74, 6) is -0.772. The molecular weight excluding hydrogens is 260 g/mol. The van der Waals surface area contributed by atoms with Gasteiger partial charge in [0.05, 0.1) is 26.2 Å². The van der Waals surface area contributed by atoms with Crippen LogP contribution in [0.15, 0.2) is 24.3 Å². The summed E-state index contributed by atoms with van der Waals surface area (Å²) in [6.45, 7) is 2.04. The van der Waals surface area contributed by atoms with E-state index in [0.717, 1.165) is 11.1 Å². The topological polar surface area (TPSA) is 61.8 Å². The Balaban J connectivity index is 2.22. The van der Waals surface area contributed by atoms with Crippen LogP contribution in [0.2, 0.25) is 0 Å². The van der Waals surface area contributed by atoms with Gasteiger partial charge in [-0.3, -0.25) is 4.79 Å². The van der Waals surface area contributed by atoms with E-state index in [4.69, 9.17) is 9.47 Å². The molecule has 5 heteroatoms. The number of rotatable bonds is 4. The van der Waals surface area contributed by atoms with Crippen molar-refractivity contribution in [3.63, 3.8) is 0 Å². The van der Waals surface area contributed by atoms with Crippen LogP contribution in [0.4, 0.5) is 0 Å². The highest BCUT2D eigenvalue weighted by Gasteiger charge is 2.34. The molecule has 1 aromatic carbocycles. The zero-order valence-corrected chi connectivity index (χ0v) is 11.6. The van der Waals surface area contributed by atoms with Gasteiger partial charge in [-0.05, 0) is 24.5 Å². The van der Waals surface area contributed by atoms with Gasteiger partial charge >= 0.3 is 11.9 Å². The number of benzene rings is 1. The van der Waals surface area contributed by atoms with Crippen LogP contribution >= 0.6 is 0 Å². The second kappa shape index (κ2) is 6.52. The van der Waals surface area contributed by atoms with Crippen LogP contribution in [0.3, 0.4) is 0 Å². The van der Waals surface area contributed by atoms with Gasteiger partial charge < -0.3 is 14.2 Å². The van der Waals surface area contributed by atoms with Crippen LogP contribution in [-0.2, 0) is 30.2 Å². The highest BCUT2D eigenvalue weighted by Crippen LogP contribution is 2.32. The molecule has 5 nitrogen and oxygen atoms in total. The molecule has 0 unspecified atom stereocenters. The van der Waals surface area contributed by atoms with Crippen molar-refractivity contribution in [2.75, 3.05) is 13.7 Å². The molecule has 108 valence electrons. The Labute approximate surface area is 117 Å². The minimum Gasteiger partial charge on any atom is -0.469 e. The molecule has 0 saturated carbocycles. The minimum absolute atomic E-state index is 0.126. The molecule has 0 aromatic heterocycles. The molecule has 1 aliphatic rings. The summed E-state index contributed by atoms with van der Waals surface area (Å²) in [6, 6.07) is 7.55. The highest BCUT2D eigenvalue weighted by atomic mass is 16.6. The lowest BCUT2D eigenvalue weighted by Crippen LogP contribution is -2.33. The van der Waals surface area contributed by atoms with E-state index in [0.29, 0.717) is 13.0 Å². The number of methoxy groups -OCH3 is 1. The molecule has 2 atom stereocenters. The fourth-order valence-electron chi connectivity index (χ4n) is 2.32. The number of hydrogen-bond acceptors (Lipinski definition) is 5. The van der Waals surface area contributed by atoms with Crippen molar-refractivity contribution < 1.29 is 23.8 Å². The minimum atomic E-state index is -0.769. The summed E-state index contributed by atoms with van der Waals surface area (Å²) >= 11 is 0. The van der Waals surface area contributed by atoms with E-state index < -0.39 is 12.1 Å². The van der Waals surface area contributed by atoms with Gasteiger partial charge in [0.25, 0.3) is 0 Å². The van der Waals surface area contributed by atoms with E-state index in [1.165, 1.54) is 7.11 Å². The molecule has 2 rings (SSSR count). The first-order valence-electron chi connectivity index (χ1n) is 6.62. The summed E-state index contributed by atoms with van der Waals surface area (Å²) in [5.41, 5.74) is 1.82. The van der Waals surface area contributed by atoms with Gasteiger partial charge in [0.2, 0.25) is 0 Å². The average molecular weight is 278 g/mol. The standard InChI is InChI=1S/C15H18O5/c1-3-19-15(17)14-12-7-5-4-6-10(12)8-11(20-14)9-13(16)18-2/h4-7,11,14H,3,8-9H2,1-2H3/t11-,14+/m0/s1. The van der Waals surface area contributed by atoms with E-state index in [9.17, 15) is 9.59 Å². The Morgan fingerprint density at radius 1 is 1.35 bits per heavy atom. The third kappa shape index (κ3) is 3.17. The highest BCUT2D eigenvalue weighted by molar-refractivity contribution is 5.77. The van der Waals surface area contributed by atoms with Gasteiger partial charge in [0.1, 0.15) is 0 Å². The number of esters is 2. The van der Waals surface area contributed by atoms with Crippen LogP contribution in [0, 0.1) is 0 Å². The molecule has 1 aromatic rings. The molecule has 0 aliphatic carbocycles. The van der Waals surface area contributed by atoms with Gasteiger partial charge in [-0.2, -0.15) is 0 Å². The lowest BCUT2D eigenvalue weighted by molar-refractivity contribution is -0.166. The first-order chi connectivity index (χ1) is 9.65. The maximum Gasteiger partial charge on any atom is 0.339 e. The molecule has 0 amide bonds. The lowest BCUT2D eigenvalue weighted by Gasteiger charge is -2.30. The van der Waals surface area contributed by atoms with E-state index in [2.05, 4.69) is 4.74 Å². The molecule has 0 bridgehead atoms. The molecule has 1 aliphatic heterocycles. The predicted molar refractivity (Wildman–Crippen MR) is 71.0 cm³/mol. The zero-order chi connectivity index (χ0) is 14.5. The second-order valence-electron chi connectivity index (χ2n) is 4.57. The number of carbonyl (C=O) groups excluding carboxylic acids is 2. The summed E-state index contributed by atoms with van der Waals surface area (Å²) in [7, 11) is 1.34. The SMILES string of the molecule is CCOC(=O)[C@@H]1O[C@H](CC(=O)OC)Cc2ccccc21. The van der Waals surface area contributed by atoms with Crippen molar-refractivity contribution in [3.05, 3.63) is 35.4 Å². The molecule has 0 saturated heterocycles. The fraction of sp³-hybridized carbons (Fsp3) is 0.467. The Morgan fingerprint density at radius 2 is 2.10 bits per heavy atom. The van der Waals surface area contributed by atoms with Gasteiger partial charge in [-0.15, -0.1) is 0 Å². The van der Waals surface area contributed by atoms with Gasteiger partial charge in [-0.25, -0.2) is 4.79 Å². The van der Waals surface area contributed by atoms with Crippen LogP contribution < -0.4 is 0 Å².